The first kappa shape index (κ1) is 18.4. The number of thioether (sulfide) groups is 2. The van der Waals surface area contributed by atoms with E-state index in [4.69, 9.17) is 0 Å². The van der Waals surface area contributed by atoms with Crippen molar-refractivity contribution in [2.45, 2.75) is 41.6 Å². The minimum absolute atomic E-state index is 0.0446. The van der Waals surface area contributed by atoms with Crippen molar-refractivity contribution in [1.29, 1.82) is 0 Å². The summed E-state index contributed by atoms with van der Waals surface area (Å²) in [6.45, 7) is 0.748. The van der Waals surface area contributed by atoms with Crippen LogP contribution >= 0.6 is 23.5 Å². The van der Waals surface area contributed by atoms with E-state index in [1.807, 2.05) is 42.1 Å². The fourth-order valence-corrected chi connectivity index (χ4v) is 5.28. The van der Waals surface area contributed by atoms with Crippen molar-refractivity contribution in [2.75, 3.05) is 12.3 Å². The van der Waals surface area contributed by atoms with E-state index in [1.54, 1.807) is 11.8 Å². The summed E-state index contributed by atoms with van der Waals surface area (Å²) < 4.78 is 0. The largest absolute Gasteiger partial charge is 0.351 e. The van der Waals surface area contributed by atoms with Gasteiger partial charge in [0.1, 0.15) is 0 Å². The Morgan fingerprint density at radius 3 is 2.52 bits per heavy atom. The molecule has 0 atom stereocenters. The number of hydrogen-bond acceptors (Lipinski definition) is 3. The lowest BCUT2D eigenvalue weighted by molar-refractivity contribution is 0.0953. The zero-order chi connectivity index (χ0) is 17.3. The molecule has 1 N–H and O–H groups in total. The molecule has 132 valence electrons. The third kappa shape index (κ3) is 5.82. The second kappa shape index (κ2) is 9.93. The SMILES string of the molecule is O=C(NCCSC1CCCC1)c1ccccc1SCc1ccccc1. The van der Waals surface area contributed by atoms with Gasteiger partial charge in [-0.15, -0.1) is 11.8 Å². The van der Waals surface area contributed by atoms with Crippen molar-refractivity contribution in [3.8, 4) is 0 Å². The molecule has 3 rings (SSSR count). The first-order valence-corrected chi connectivity index (χ1v) is 11.0. The predicted octanol–water partition coefficient (Wildman–Crippen LogP) is 5.38. The normalized spacial score (nSPS) is 14.6. The molecular formula is C21H25NOS2. The Labute approximate surface area is 159 Å². The van der Waals surface area contributed by atoms with Crippen molar-refractivity contribution in [3.05, 3.63) is 65.7 Å². The summed E-state index contributed by atoms with van der Waals surface area (Å²) in [4.78, 5) is 13.6. The monoisotopic (exact) mass is 371 g/mol. The van der Waals surface area contributed by atoms with Gasteiger partial charge in [0.2, 0.25) is 0 Å². The van der Waals surface area contributed by atoms with Crippen LogP contribution in [0, 0.1) is 0 Å². The standard InChI is InChI=1S/C21H25NOS2/c23-21(22-14-15-24-18-10-4-5-11-18)19-12-6-7-13-20(19)25-16-17-8-2-1-3-9-17/h1-3,6-9,12-13,18H,4-5,10-11,14-16H2,(H,22,23). The molecule has 1 saturated carbocycles. The van der Waals surface area contributed by atoms with Gasteiger partial charge < -0.3 is 5.32 Å². The van der Waals surface area contributed by atoms with Gasteiger partial charge in [-0.3, -0.25) is 4.79 Å². The molecule has 0 heterocycles. The second-order valence-corrected chi connectivity index (χ2v) is 8.73. The molecular weight excluding hydrogens is 346 g/mol. The Hall–Kier alpha value is -1.39. The number of nitrogens with one attached hydrogen (secondary N) is 1. The van der Waals surface area contributed by atoms with Crippen molar-refractivity contribution in [3.63, 3.8) is 0 Å². The lowest BCUT2D eigenvalue weighted by Crippen LogP contribution is -2.26. The van der Waals surface area contributed by atoms with E-state index < -0.39 is 0 Å². The van der Waals surface area contributed by atoms with Gasteiger partial charge in [-0.1, -0.05) is 55.3 Å². The first-order valence-electron chi connectivity index (χ1n) is 8.98. The van der Waals surface area contributed by atoms with Crippen molar-refractivity contribution < 1.29 is 4.79 Å². The van der Waals surface area contributed by atoms with E-state index in [9.17, 15) is 4.79 Å². The molecule has 0 bridgehead atoms. The van der Waals surface area contributed by atoms with Gasteiger partial charge in [0.25, 0.3) is 5.91 Å². The van der Waals surface area contributed by atoms with Crippen LogP contribution in [0.4, 0.5) is 0 Å². The molecule has 1 fully saturated rings. The fraction of sp³-hybridized carbons (Fsp3) is 0.381. The zero-order valence-electron chi connectivity index (χ0n) is 14.4. The van der Waals surface area contributed by atoms with E-state index in [0.29, 0.717) is 0 Å². The summed E-state index contributed by atoms with van der Waals surface area (Å²) in [7, 11) is 0. The van der Waals surface area contributed by atoms with Crippen LogP contribution in [0.1, 0.15) is 41.6 Å². The topological polar surface area (TPSA) is 29.1 Å². The van der Waals surface area contributed by atoms with Gasteiger partial charge in [-0.2, -0.15) is 11.8 Å². The molecule has 0 aromatic heterocycles. The Balaban J connectivity index is 1.49. The van der Waals surface area contributed by atoms with Crippen LogP contribution in [0.5, 0.6) is 0 Å². The zero-order valence-corrected chi connectivity index (χ0v) is 16.1. The third-order valence-corrected chi connectivity index (χ3v) is 6.94. The van der Waals surface area contributed by atoms with E-state index in [-0.39, 0.29) is 5.91 Å². The van der Waals surface area contributed by atoms with Gasteiger partial charge in [0, 0.05) is 28.2 Å². The average Bonchev–Trinajstić information content (AvgIpc) is 3.18. The molecule has 1 aliphatic carbocycles. The van der Waals surface area contributed by atoms with Gasteiger partial charge in [0.05, 0.1) is 5.56 Å². The first-order chi connectivity index (χ1) is 12.3. The second-order valence-electron chi connectivity index (χ2n) is 6.30. The Kier molecular flexibility index (Phi) is 7.31. The minimum atomic E-state index is 0.0446. The van der Waals surface area contributed by atoms with Gasteiger partial charge >= 0.3 is 0 Å². The Bertz CT molecular complexity index is 669. The molecule has 2 nitrogen and oxygen atoms in total. The number of amides is 1. The maximum Gasteiger partial charge on any atom is 0.252 e. The van der Waals surface area contributed by atoms with Crippen molar-refractivity contribution in [1.82, 2.24) is 5.32 Å². The minimum Gasteiger partial charge on any atom is -0.351 e. The highest BCUT2D eigenvalue weighted by Gasteiger charge is 2.15. The molecule has 4 heteroatoms. The van der Waals surface area contributed by atoms with Crippen LogP contribution in [0.15, 0.2) is 59.5 Å². The summed E-state index contributed by atoms with van der Waals surface area (Å²) in [5, 5.41) is 3.90. The molecule has 1 amide bonds. The molecule has 0 unspecified atom stereocenters. The highest BCUT2D eigenvalue weighted by molar-refractivity contribution is 7.99. The van der Waals surface area contributed by atoms with Gasteiger partial charge in [-0.25, -0.2) is 0 Å². The van der Waals surface area contributed by atoms with E-state index in [1.165, 1.54) is 31.2 Å². The smallest absolute Gasteiger partial charge is 0.252 e. The van der Waals surface area contributed by atoms with Gasteiger partial charge in [-0.05, 0) is 30.5 Å². The van der Waals surface area contributed by atoms with Crippen molar-refractivity contribution in [2.24, 2.45) is 0 Å². The third-order valence-electron chi connectivity index (χ3n) is 4.41. The summed E-state index contributed by atoms with van der Waals surface area (Å²) in [5.74, 6) is 1.93. The van der Waals surface area contributed by atoms with Gasteiger partial charge in [0.15, 0.2) is 0 Å². The van der Waals surface area contributed by atoms with Crippen molar-refractivity contribution >= 4 is 29.4 Å². The number of hydrogen-bond donors (Lipinski definition) is 1. The number of benzene rings is 2. The lowest BCUT2D eigenvalue weighted by atomic mass is 10.2. The molecule has 0 aliphatic heterocycles. The summed E-state index contributed by atoms with van der Waals surface area (Å²) in [6.07, 6.45) is 5.43. The maximum atomic E-state index is 12.5. The Morgan fingerprint density at radius 1 is 1.00 bits per heavy atom. The van der Waals surface area contributed by atoms with E-state index >= 15 is 0 Å². The number of carbonyl (C=O) groups excluding carboxylic acids is 1. The molecule has 25 heavy (non-hydrogen) atoms. The summed E-state index contributed by atoms with van der Waals surface area (Å²) >= 11 is 3.74. The van der Waals surface area contributed by atoms with Crippen LogP contribution < -0.4 is 5.32 Å². The highest BCUT2D eigenvalue weighted by atomic mass is 32.2. The van der Waals surface area contributed by atoms with Crippen LogP contribution in [0.25, 0.3) is 0 Å². The number of rotatable bonds is 8. The van der Waals surface area contributed by atoms with E-state index in [0.717, 1.165) is 33.8 Å². The fourth-order valence-electron chi connectivity index (χ4n) is 3.06. The Morgan fingerprint density at radius 2 is 1.72 bits per heavy atom. The lowest BCUT2D eigenvalue weighted by Gasteiger charge is -2.11. The maximum absolute atomic E-state index is 12.5. The van der Waals surface area contributed by atoms with Crippen LogP contribution in [-0.2, 0) is 5.75 Å². The molecule has 1 aliphatic rings. The van der Waals surface area contributed by atoms with Crippen LogP contribution in [0.2, 0.25) is 0 Å². The predicted molar refractivity (Wildman–Crippen MR) is 109 cm³/mol. The highest BCUT2D eigenvalue weighted by Crippen LogP contribution is 2.29. The molecule has 0 radical (unpaired) electrons. The molecule has 0 spiro atoms. The van der Waals surface area contributed by atoms with E-state index in [2.05, 4.69) is 29.6 Å². The summed E-state index contributed by atoms with van der Waals surface area (Å²) in [6, 6.07) is 18.3. The molecule has 0 saturated heterocycles. The van der Waals surface area contributed by atoms with Crippen LogP contribution in [0.3, 0.4) is 0 Å². The van der Waals surface area contributed by atoms with Crippen LogP contribution in [-0.4, -0.2) is 23.5 Å². The average molecular weight is 372 g/mol. The molecule has 2 aromatic carbocycles. The quantitative estimate of drug-likeness (QED) is 0.499. The summed E-state index contributed by atoms with van der Waals surface area (Å²) in [5.41, 5.74) is 2.06. The molecule has 2 aromatic rings. The number of carbonyl (C=O) groups is 1.